The molecule has 0 rings (SSSR count). The second kappa shape index (κ2) is 3.59. The van der Waals surface area contributed by atoms with Gasteiger partial charge in [0, 0.05) is 0 Å². The highest BCUT2D eigenvalue weighted by molar-refractivity contribution is 5.73. The van der Waals surface area contributed by atoms with E-state index in [1.54, 1.807) is 6.92 Å². The molecule has 1 radical (unpaired) electrons. The molecule has 0 fully saturated rings. The van der Waals surface area contributed by atoms with Crippen molar-refractivity contribution in [3.05, 3.63) is 0 Å². The van der Waals surface area contributed by atoms with Crippen LogP contribution in [0.15, 0.2) is 0 Å². The van der Waals surface area contributed by atoms with E-state index >= 15 is 0 Å². The second-order valence-corrected chi connectivity index (χ2v) is 2.95. The molecule has 0 amide bonds. The van der Waals surface area contributed by atoms with Gasteiger partial charge in [-0.25, -0.2) is 9.90 Å². The van der Waals surface area contributed by atoms with Crippen LogP contribution in [0.4, 0.5) is 0 Å². The average Bonchev–Trinajstić information content (AvgIpc) is 1.88. The Morgan fingerprint density at radius 1 is 1.40 bits per heavy atom. The Bertz CT molecular complexity index is 120. The maximum atomic E-state index is 10.5. The van der Waals surface area contributed by atoms with E-state index in [0.29, 0.717) is 12.8 Å². The van der Waals surface area contributed by atoms with Crippen molar-refractivity contribution in [2.75, 3.05) is 0 Å². The molecule has 10 heavy (non-hydrogen) atoms. The van der Waals surface area contributed by atoms with Crippen LogP contribution in [0.1, 0.15) is 40.0 Å². The maximum Gasteiger partial charge on any atom is 0.361 e. The van der Waals surface area contributed by atoms with Crippen LogP contribution in [0.5, 0.6) is 0 Å². The summed E-state index contributed by atoms with van der Waals surface area (Å²) in [5, 5.41) is 10.5. The summed E-state index contributed by atoms with van der Waals surface area (Å²) in [4.78, 5) is 10.5. The van der Waals surface area contributed by atoms with E-state index < -0.39 is 11.4 Å². The van der Waals surface area contributed by atoms with Crippen molar-refractivity contribution >= 4 is 5.97 Å². The molecule has 59 valence electrons. The number of carbonyl (C=O) groups is 1. The van der Waals surface area contributed by atoms with Crippen LogP contribution >= 0.6 is 0 Å². The summed E-state index contributed by atoms with van der Waals surface area (Å²) < 4.78 is 0. The van der Waals surface area contributed by atoms with Crippen molar-refractivity contribution in [1.29, 1.82) is 0 Å². The molecule has 0 aromatic carbocycles. The first-order valence-electron chi connectivity index (χ1n) is 3.78. The lowest BCUT2D eigenvalue weighted by Gasteiger charge is -2.19. The monoisotopic (exact) mass is 143 g/mol. The third-order valence-electron chi connectivity index (χ3n) is 2.07. The molecule has 0 saturated heterocycles. The molecule has 0 aliphatic rings. The first-order valence-corrected chi connectivity index (χ1v) is 3.78. The minimum Gasteiger partial charge on any atom is -0.247 e. The van der Waals surface area contributed by atoms with E-state index in [4.69, 9.17) is 0 Å². The van der Waals surface area contributed by atoms with Gasteiger partial charge in [0.05, 0.1) is 5.41 Å². The largest absolute Gasteiger partial charge is 0.361 e. The zero-order chi connectivity index (χ0) is 8.20. The maximum absolute atomic E-state index is 10.5. The molecule has 0 aromatic heterocycles. The predicted molar refractivity (Wildman–Crippen MR) is 39.0 cm³/mol. The number of hydrogen-bond donors (Lipinski definition) is 0. The standard InChI is InChI=1S/C8H15O2/c1-4-6-8(3,5-2)7(9)10/h4-6H2,1-3H3. The molecule has 0 heterocycles. The average molecular weight is 143 g/mol. The second-order valence-electron chi connectivity index (χ2n) is 2.95. The normalized spacial score (nSPS) is 16.3. The lowest BCUT2D eigenvalue weighted by Crippen LogP contribution is -2.25. The molecule has 0 aliphatic carbocycles. The van der Waals surface area contributed by atoms with Crippen molar-refractivity contribution in [1.82, 2.24) is 0 Å². The number of hydrogen-bond acceptors (Lipinski definition) is 1. The Kier molecular flexibility index (Phi) is 3.40. The molecule has 0 aromatic rings. The molecular formula is C8H15O2. The lowest BCUT2D eigenvalue weighted by molar-refractivity contribution is -0.155. The highest BCUT2D eigenvalue weighted by Crippen LogP contribution is 2.27. The summed E-state index contributed by atoms with van der Waals surface area (Å²) in [6.07, 6.45) is 2.27. The van der Waals surface area contributed by atoms with Crippen LogP contribution in [-0.4, -0.2) is 5.97 Å². The Labute approximate surface area is 62.2 Å². The summed E-state index contributed by atoms with van der Waals surface area (Å²) >= 11 is 0. The van der Waals surface area contributed by atoms with Crippen LogP contribution in [-0.2, 0) is 9.90 Å². The highest BCUT2D eigenvalue weighted by Gasteiger charge is 2.31. The van der Waals surface area contributed by atoms with Crippen LogP contribution in [0, 0.1) is 5.41 Å². The fraction of sp³-hybridized carbons (Fsp3) is 0.875. The molecular weight excluding hydrogens is 128 g/mol. The van der Waals surface area contributed by atoms with Crippen molar-refractivity contribution < 1.29 is 9.90 Å². The molecule has 0 saturated carbocycles. The summed E-state index contributed by atoms with van der Waals surface area (Å²) in [6.45, 7) is 5.61. The van der Waals surface area contributed by atoms with E-state index in [1.807, 2.05) is 13.8 Å². The fourth-order valence-corrected chi connectivity index (χ4v) is 0.975. The van der Waals surface area contributed by atoms with E-state index in [9.17, 15) is 9.90 Å². The third-order valence-corrected chi connectivity index (χ3v) is 2.07. The van der Waals surface area contributed by atoms with Gasteiger partial charge in [0.25, 0.3) is 0 Å². The van der Waals surface area contributed by atoms with Crippen molar-refractivity contribution in [2.24, 2.45) is 5.41 Å². The lowest BCUT2D eigenvalue weighted by atomic mass is 9.83. The van der Waals surface area contributed by atoms with E-state index in [2.05, 4.69) is 0 Å². The Morgan fingerprint density at radius 2 is 1.90 bits per heavy atom. The minimum atomic E-state index is -0.920. The van der Waals surface area contributed by atoms with Gasteiger partial charge in [0.1, 0.15) is 0 Å². The Hall–Kier alpha value is -0.530. The first kappa shape index (κ1) is 9.47. The van der Waals surface area contributed by atoms with Crippen molar-refractivity contribution in [3.63, 3.8) is 0 Å². The smallest absolute Gasteiger partial charge is 0.247 e. The first-order chi connectivity index (χ1) is 4.56. The molecule has 1 atom stereocenters. The number of carbonyl (C=O) groups excluding carboxylic acids is 1. The predicted octanol–water partition coefficient (Wildman–Crippen LogP) is 2.16. The molecule has 0 aliphatic heterocycles. The van der Waals surface area contributed by atoms with Crippen LogP contribution in [0.25, 0.3) is 0 Å². The van der Waals surface area contributed by atoms with E-state index in [0.717, 1.165) is 6.42 Å². The van der Waals surface area contributed by atoms with Crippen LogP contribution < -0.4 is 0 Å². The summed E-state index contributed by atoms with van der Waals surface area (Å²) in [5.74, 6) is -0.920. The van der Waals surface area contributed by atoms with Gasteiger partial charge in [-0.2, -0.15) is 0 Å². The van der Waals surface area contributed by atoms with E-state index in [-0.39, 0.29) is 0 Å². The zero-order valence-corrected chi connectivity index (χ0v) is 6.94. The molecule has 0 bridgehead atoms. The van der Waals surface area contributed by atoms with Gasteiger partial charge < -0.3 is 0 Å². The highest BCUT2D eigenvalue weighted by atomic mass is 16.4. The van der Waals surface area contributed by atoms with Gasteiger partial charge in [-0.15, -0.1) is 0 Å². The molecule has 1 unspecified atom stereocenters. The third kappa shape index (κ3) is 2.01. The molecule has 0 N–H and O–H groups in total. The van der Waals surface area contributed by atoms with Crippen LogP contribution in [0.2, 0.25) is 0 Å². The van der Waals surface area contributed by atoms with Gasteiger partial charge in [-0.05, 0) is 19.8 Å². The molecule has 2 nitrogen and oxygen atoms in total. The number of rotatable bonds is 4. The summed E-state index contributed by atoms with van der Waals surface area (Å²) in [6, 6.07) is 0. The van der Waals surface area contributed by atoms with Gasteiger partial charge in [0.15, 0.2) is 0 Å². The van der Waals surface area contributed by atoms with Crippen molar-refractivity contribution in [3.8, 4) is 0 Å². The topological polar surface area (TPSA) is 37.0 Å². The van der Waals surface area contributed by atoms with Gasteiger partial charge in [-0.3, -0.25) is 0 Å². The van der Waals surface area contributed by atoms with Gasteiger partial charge in [0.2, 0.25) is 0 Å². The zero-order valence-electron chi connectivity index (χ0n) is 6.94. The summed E-state index contributed by atoms with van der Waals surface area (Å²) in [7, 11) is 0. The van der Waals surface area contributed by atoms with Crippen molar-refractivity contribution in [2.45, 2.75) is 40.0 Å². The van der Waals surface area contributed by atoms with Gasteiger partial charge in [-0.1, -0.05) is 20.3 Å². The summed E-state index contributed by atoms with van der Waals surface area (Å²) in [5.41, 5.74) is -0.602. The van der Waals surface area contributed by atoms with Crippen LogP contribution in [0.3, 0.4) is 0 Å². The fourth-order valence-electron chi connectivity index (χ4n) is 0.975. The van der Waals surface area contributed by atoms with E-state index in [1.165, 1.54) is 0 Å². The molecule has 0 spiro atoms. The quantitative estimate of drug-likeness (QED) is 0.594. The Morgan fingerprint density at radius 3 is 2.00 bits per heavy atom. The minimum absolute atomic E-state index is 0.602. The SMILES string of the molecule is CCCC(C)(CC)C([O])=O. The Balaban J connectivity index is 4.08. The molecule has 2 heteroatoms. The van der Waals surface area contributed by atoms with Gasteiger partial charge >= 0.3 is 5.97 Å².